The van der Waals surface area contributed by atoms with Crippen molar-refractivity contribution < 1.29 is 18.8 Å². The van der Waals surface area contributed by atoms with Gasteiger partial charge in [0.2, 0.25) is 0 Å². The van der Waals surface area contributed by atoms with E-state index >= 15 is 0 Å². The minimum atomic E-state index is 0.178. The number of rotatable bonds is 5. The minimum absolute atomic E-state index is 0.178. The zero-order chi connectivity index (χ0) is 13.8. The zero-order valence-electron chi connectivity index (χ0n) is 10.5. The topological polar surface area (TPSA) is 61.6 Å². The molecule has 2 aromatic rings. The van der Waals surface area contributed by atoms with E-state index in [0.717, 1.165) is 5.69 Å². The third kappa shape index (κ3) is 3.06. The number of aromatic nitrogens is 1. The molecular weight excluding hydrogens is 270 g/mol. The van der Waals surface area contributed by atoms with E-state index in [-0.39, 0.29) is 6.61 Å². The van der Waals surface area contributed by atoms with Gasteiger partial charge in [0.05, 0.1) is 17.8 Å². The average molecular weight is 282 g/mol. The molecule has 1 heterocycles. The highest BCUT2D eigenvalue weighted by molar-refractivity contribution is 6.32. The number of aldehydes is 1. The van der Waals surface area contributed by atoms with Crippen LogP contribution in [0.4, 0.5) is 0 Å². The van der Waals surface area contributed by atoms with Crippen molar-refractivity contribution in [2.45, 2.75) is 13.5 Å². The maximum absolute atomic E-state index is 10.7. The Bertz CT molecular complexity index is 594. The van der Waals surface area contributed by atoms with Crippen LogP contribution in [0.1, 0.15) is 21.8 Å². The maximum Gasteiger partial charge on any atom is 0.180 e. The molecule has 0 amide bonds. The van der Waals surface area contributed by atoms with Crippen LogP contribution in [-0.4, -0.2) is 18.6 Å². The summed E-state index contributed by atoms with van der Waals surface area (Å²) in [5.41, 5.74) is 1.19. The van der Waals surface area contributed by atoms with Crippen LogP contribution in [-0.2, 0) is 6.61 Å². The lowest BCUT2D eigenvalue weighted by Gasteiger charge is -2.11. The van der Waals surface area contributed by atoms with Crippen molar-refractivity contribution >= 4 is 17.9 Å². The first kappa shape index (κ1) is 13.4. The van der Waals surface area contributed by atoms with Gasteiger partial charge in [-0.3, -0.25) is 4.79 Å². The Morgan fingerprint density at radius 1 is 1.42 bits per heavy atom. The highest BCUT2D eigenvalue weighted by Crippen LogP contribution is 2.36. The molecule has 1 aromatic carbocycles. The molecule has 0 unspecified atom stereocenters. The molecule has 19 heavy (non-hydrogen) atoms. The van der Waals surface area contributed by atoms with Gasteiger partial charge < -0.3 is 14.0 Å². The van der Waals surface area contributed by atoms with Gasteiger partial charge in [-0.2, -0.15) is 0 Å². The van der Waals surface area contributed by atoms with Gasteiger partial charge in [0.25, 0.3) is 0 Å². The van der Waals surface area contributed by atoms with Gasteiger partial charge in [-0.25, -0.2) is 0 Å². The highest BCUT2D eigenvalue weighted by atomic mass is 35.5. The lowest BCUT2D eigenvalue weighted by atomic mass is 10.2. The molecule has 2 rings (SSSR count). The number of ether oxygens (including phenoxy) is 2. The van der Waals surface area contributed by atoms with Crippen LogP contribution in [0.25, 0.3) is 0 Å². The lowest BCUT2D eigenvalue weighted by molar-refractivity contribution is 0.112. The van der Waals surface area contributed by atoms with Gasteiger partial charge >= 0.3 is 0 Å². The maximum atomic E-state index is 10.7. The lowest BCUT2D eigenvalue weighted by Crippen LogP contribution is -1.98. The smallest absolute Gasteiger partial charge is 0.180 e. The van der Waals surface area contributed by atoms with Gasteiger partial charge in [-0.05, 0) is 19.1 Å². The number of hydrogen-bond donors (Lipinski definition) is 0. The van der Waals surface area contributed by atoms with Crippen molar-refractivity contribution in [1.82, 2.24) is 5.16 Å². The average Bonchev–Trinajstić information content (AvgIpc) is 2.82. The second-order valence-electron chi connectivity index (χ2n) is 3.88. The van der Waals surface area contributed by atoms with Crippen LogP contribution >= 0.6 is 11.6 Å². The van der Waals surface area contributed by atoms with Crippen molar-refractivity contribution in [3.05, 3.63) is 40.2 Å². The molecule has 0 bridgehead atoms. The molecule has 100 valence electrons. The minimum Gasteiger partial charge on any atom is -0.493 e. The van der Waals surface area contributed by atoms with E-state index < -0.39 is 0 Å². The molecule has 6 heteroatoms. The van der Waals surface area contributed by atoms with E-state index in [1.807, 2.05) is 6.92 Å². The van der Waals surface area contributed by atoms with Crippen LogP contribution in [0, 0.1) is 6.92 Å². The summed E-state index contributed by atoms with van der Waals surface area (Å²) in [5.74, 6) is 1.34. The van der Waals surface area contributed by atoms with E-state index in [0.29, 0.717) is 34.1 Å². The largest absolute Gasteiger partial charge is 0.493 e. The Balaban J connectivity index is 2.21. The SMILES string of the molecule is COc1cc(C=O)cc(Cl)c1OCc1cc(C)no1. The van der Waals surface area contributed by atoms with Crippen molar-refractivity contribution in [2.24, 2.45) is 0 Å². The number of halogens is 1. The number of hydrogen-bond acceptors (Lipinski definition) is 5. The van der Waals surface area contributed by atoms with Crippen molar-refractivity contribution in [1.29, 1.82) is 0 Å². The van der Waals surface area contributed by atoms with Gasteiger partial charge in [0, 0.05) is 11.6 Å². The number of aryl methyl sites for hydroxylation is 1. The van der Waals surface area contributed by atoms with Crippen molar-refractivity contribution in [3.63, 3.8) is 0 Å². The first-order valence-electron chi connectivity index (χ1n) is 5.51. The summed E-state index contributed by atoms with van der Waals surface area (Å²) in [6, 6.07) is 4.83. The Morgan fingerprint density at radius 2 is 2.21 bits per heavy atom. The van der Waals surface area contributed by atoms with Gasteiger partial charge in [-0.1, -0.05) is 16.8 Å². The molecule has 0 aliphatic carbocycles. The van der Waals surface area contributed by atoms with Crippen LogP contribution in [0.5, 0.6) is 11.5 Å². The number of methoxy groups -OCH3 is 1. The number of benzene rings is 1. The summed E-state index contributed by atoms with van der Waals surface area (Å²) in [7, 11) is 1.48. The molecule has 0 aliphatic heterocycles. The summed E-state index contributed by atoms with van der Waals surface area (Å²) in [6.07, 6.45) is 0.692. The van der Waals surface area contributed by atoms with Crippen molar-refractivity contribution in [3.8, 4) is 11.5 Å². The predicted octanol–water partition coefficient (Wildman–Crippen LogP) is 3.04. The van der Waals surface area contributed by atoms with Crippen molar-refractivity contribution in [2.75, 3.05) is 7.11 Å². The van der Waals surface area contributed by atoms with E-state index in [1.54, 1.807) is 12.1 Å². The van der Waals surface area contributed by atoms with Gasteiger partial charge in [0.1, 0.15) is 12.9 Å². The normalized spacial score (nSPS) is 10.3. The Kier molecular flexibility index (Phi) is 4.06. The fourth-order valence-electron chi connectivity index (χ4n) is 1.58. The third-order valence-corrected chi connectivity index (χ3v) is 2.70. The molecule has 0 spiro atoms. The summed E-state index contributed by atoms with van der Waals surface area (Å²) < 4.78 is 15.7. The summed E-state index contributed by atoms with van der Waals surface area (Å²) in [4.78, 5) is 10.7. The number of carbonyl (C=O) groups excluding carboxylic acids is 1. The van der Waals surface area contributed by atoms with Crippen LogP contribution in [0.15, 0.2) is 22.7 Å². The van der Waals surface area contributed by atoms with E-state index in [9.17, 15) is 4.79 Å². The summed E-state index contributed by atoms with van der Waals surface area (Å²) in [5, 5.41) is 4.06. The Morgan fingerprint density at radius 3 is 2.79 bits per heavy atom. The molecule has 0 radical (unpaired) electrons. The van der Waals surface area contributed by atoms with Gasteiger partial charge in [-0.15, -0.1) is 0 Å². The molecule has 1 aromatic heterocycles. The fourth-order valence-corrected chi connectivity index (χ4v) is 1.85. The van der Waals surface area contributed by atoms with E-state index in [2.05, 4.69) is 5.16 Å². The summed E-state index contributed by atoms with van der Waals surface area (Å²) >= 11 is 6.05. The van der Waals surface area contributed by atoms with Crippen LogP contribution < -0.4 is 9.47 Å². The Labute approximate surface area is 115 Å². The van der Waals surface area contributed by atoms with E-state index in [4.69, 9.17) is 25.6 Å². The first-order chi connectivity index (χ1) is 9.13. The van der Waals surface area contributed by atoms with Crippen LogP contribution in [0.3, 0.4) is 0 Å². The Hall–Kier alpha value is -2.01. The standard InChI is InChI=1S/C13H12ClNO4/c1-8-3-10(19-15-8)7-18-13-11(14)4-9(6-16)5-12(13)17-2/h3-6H,7H2,1-2H3. The molecular formula is C13H12ClNO4. The third-order valence-electron chi connectivity index (χ3n) is 2.42. The molecule has 0 saturated heterocycles. The van der Waals surface area contributed by atoms with E-state index in [1.165, 1.54) is 13.2 Å². The monoisotopic (exact) mass is 281 g/mol. The first-order valence-corrected chi connectivity index (χ1v) is 5.89. The molecule has 0 N–H and O–H groups in total. The molecule has 0 fully saturated rings. The molecule has 0 atom stereocenters. The zero-order valence-corrected chi connectivity index (χ0v) is 11.2. The highest BCUT2D eigenvalue weighted by Gasteiger charge is 2.13. The summed E-state index contributed by atoms with van der Waals surface area (Å²) in [6.45, 7) is 2.00. The molecule has 5 nitrogen and oxygen atoms in total. The quantitative estimate of drug-likeness (QED) is 0.788. The molecule has 0 saturated carbocycles. The predicted molar refractivity (Wildman–Crippen MR) is 69.0 cm³/mol. The fraction of sp³-hybridized carbons (Fsp3) is 0.231. The van der Waals surface area contributed by atoms with Gasteiger partial charge in [0.15, 0.2) is 17.3 Å². The number of carbonyl (C=O) groups is 1. The second kappa shape index (κ2) is 5.75. The van der Waals surface area contributed by atoms with Crippen LogP contribution in [0.2, 0.25) is 5.02 Å². The molecule has 0 aliphatic rings. The second-order valence-corrected chi connectivity index (χ2v) is 4.28. The number of nitrogens with zero attached hydrogens (tertiary/aromatic N) is 1.